The van der Waals surface area contributed by atoms with Crippen LogP contribution in [0.25, 0.3) is 0 Å². The van der Waals surface area contributed by atoms with Gasteiger partial charge in [0.2, 0.25) is 0 Å². The lowest BCUT2D eigenvalue weighted by Gasteiger charge is -2.12. The fourth-order valence-electron chi connectivity index (χ4n) is 2.56. The third-order valence-corrected chi connectivity index (χ3v) is 6.43. The van der Waals surface area contributed by atoms with Gasteiger partial charge in [-0.1, -0.05) is 18.2 Å². The molecule has 0 bridgehead atoms. The predicted molar refractivity (Wildman–Crippen MR) is 116 cm³/mol. The van der Waals surface area contributed by atoms with E-state index in [0.717, 1.165) is 0 Å². The highest BCUT2D eigenvalue weighted by Gasteiger charge is 2.20. The van der Waals surface area contributed by atoms with Crippen molar-refractivity contribution in [2.24, 2.45) is 0 Å². The average Bonchev–Trinajstić information content (AvgIpc) is 2.69. The lowest BCUT2D eigenvalue weighted by molar-refractivity contribution is 0.101. The van der Waals surface area contributed by atoms with Crippen molar-refractivity contribution >= 4 is 49.0 Å². The van der Waals surface area contributed by atoms with Crippen LogP contribution in [0.4, 0.5) is 11.4 Å². The van der Waals surface area contributed by atoms with E-state index < -0.39 is 15.9 Å². The Morgan fingerprint density at radius 2 is 1.45 bits per heavy atom. The first kappa shape index (κ1) is 20.8. The van der Waals surface area contributed by atoms with Crippen LogP contribution in [0.2, 0.25) is 0 Å². The highest BCUT2D eigenvalue weighted by molar-refractivity contribution is 9.10. The van der Waals surface area contributed by atoms with Gasteiger partial charge in [0.05, 0.1) is 0 Å². The molecule has 0 atom stereocenters. The summed E-state index contributed by atoms with van der Waals surface area (Å²) < 4.78 is 28.4. The predicted octanol–water partition coefficient (Wildman–Crippen LogP) is 4.70. The van der Waals surface area contributed by atoms with Crippen molar-refractivity contribution < 1.29 is 18.0 Å². The molecular weight excluding hydrogens is 456 g/mol. The molecule has 0 aliphatic rings. The van der Waals surface area contributed by atoms with Crippen LogP contribution in [0.5, 0.6) is 0 Å². The molecule has 8 heteroatoms. The van der Waals surface area contributed by atoms with E-state index >= 15 is 0 Å². The molecule has 0 saturated heterocycles. The summed E-state index contributed by atoms with van der Waals surface area (Å²) in [5.41, 5.74) is 1.59. The highest BCUT2D eigenvalue weighted by Crippen LogP contribution is 2.26. The van der Waals surface area contributed by atoms with Crippen molar-refractivity contribution in [1.82, 2.24) is 0 Å². The molecule has 0 unspecified atom stereocenters. The topological polar surface area (TPSA) is 92.3 Å². The Hall–Kier alpha value is -2.97. The molecule has 2 N–H and O–H groups in total. The fourth-order valence-corrected chi connectivity index (χ4v) is 4.61. The SMILES string of the molecule is CC(=O)c1ccc(NS(=O)(=O)c2cc(C(=O)Nc3ccccc3)ccc2Br)cc1. The Kier molecular flexibility index (Phi) is 6.14. The van der Waals surface area contributed by atoms with Gasteiger partial charge in [0.15, 0.2) is 5.78 Å². The Labute approximate surface area is 177 Å². The maximum absolute atomic E-state index is 12.8. The largest absolute Gasteiger partial charge is 0.322 e. The number of ketones is 1. The number of carbonyl (C=O) groups is 2. The number of anilines is 2. The van der Waals surface area contributed by atoms with E-state index in [2.05, 4.69) is 26.0 Å². The smallest absolute Gasteiger partial charge is 0.263 e. The Bertz CT molecular complexity index is 1160. The first-order valence-corrected chi connectivity index (χ1v) is 10.8. The van der Waals surface area contributed by atoms with Gasteiger partial charge < -0.3 is 5.32 Å². The highest BCUT2D eigenvalue weighted by atomic mass is 79.9. The third-order valence-electron chi connectivity index (χ3n) is 4.06. The lowest BCUT2D eigenvalue weighted by Crippen LogP contribution is -2.16. The molecule has 0 aliphatic heterocycles. The number of Topliss-reactive ketones (excluding diaryl/α,β-unsaturated/α-hetero) is 1. The van der Waals surface area contributed by atoms with E-state index in [1.165, 1.54) is 37.3 Å². The van der Waals surface area contributed by atoms with Gasteiger partial charge in [0.25, 0.3) is 15.9 Å². The van der Waals surface area contributed by atoms with Crippen molar-refractivity contribution in [3.05, 3.63) is 88.4 Å². The number of halogens is 1. The summed E-state index contributed by atoms with van der Waals surface area (Å²) in [5, 5.41) is 2.72. The van der Waals surface area contributed by atoms with Crippen molar-refractivity contribution in [2.75, 3.05) is 10.0 Å². The first-order valence-electron chi connectivity index (χ1n) is 8.56. The van der Waals surface area contributed by atoms with E-state index in [1.807, 2.05) is 6.07 Å². The van der Waals surface area contributed by atoms with Crippen molar-refractivity contribution in [1.29, 1.82) is 0 Å². The number of hydrogen-bond donors (Lipinski definition) is 2. The van der Waals surface area contributed by atoms with Gasteiger partial charge in [0.1, 0.15) is 4.90 Å². The standard InChI is InChI=1S/C21H17BrN2O4S/c1-14(25)15-7-10-18(11-8-15)24-29(27,28)20-13-16(9-12-19(20)22)21(26)23-17-5-3-2-4-6-17/h2-13,24H,1H3,(H,23,26). The number of hydrogen-bond acceptors (Lipinski definition) is 4. The molecule has 0 fully saturated rings. The second-order valence-electron chi connectivity index (χ2n) is 6.20. The molecule has 3 aromatic rings. The molecule has 148 valence electrons. The monoisotopic (exact) mass is 472 g/mol. The zero-order valence-corrected chi connectivity index (χ0v) is 17.7. The van der Waals surface area contributed by atoms with Gasteiger partial charge in [0, 0.05) is 27.0 Å². The summed E-state index contributed by atoms with van der Waals surface area (Å²) in [7, 11) is -3.97. The molecule has 3 rings (SSSR count). The summed E-state index contributed by atoms with van der Waals surface area (Å²) >= 11 is 3.23. The van der Waals surface area contributed by atoms with Gasteiger partial charge in [-0.2, -0.15) is 0 Å². The Morgan fingerprint density at radius 3 is 2.07 bits per heavy atom. The number of amides is 1. The minimum absolute atomic E-state index is 0.0751. The van der Waals surface area contributed by atoms with E-state index in [1.54, 1.807) is 36.4 Å². The second-order valence-corrected chi connectivity index (χ2v) is 8.71. The molecule has 0 aliphatic carbocycles. The number of benzene rings is 3. The summed E-state index contributed by atoms with van der Waals surface area (Å²) in [6.45, 7) is 1.43. The molecule has 0 saturated carbocycles. The van der Waals surface area contributed by atoms with Crippen LogP contribution in [0.1, 0.15) is 27.6 Å². The number of rotatable bonds is 6. The number of nitrogens with one attached hydrogen (secondary N) is 2. The fraction of sp³-hybridized carbons (Fsp3) is 0.0476. The van der Waals surface area contributed by atoms with Gasteiger partial charge >= 0.3 is 0 Å². The Morgan fingerprint density at radius 1 is 0.828 bits per heavy atom. The summed E-state index contributed by atoms with van der Waals surface area (Å²) in [5.74, 6) is -0.537. The number of carbonyl (C=O) groups excluding carboxylic acids is 2. The Balaban J connectivity index is 1.86. The molecular formula is C21H17BrN2O4S. The van der Waals surface area contributed by atoms with Crippen LogP contribution < -0.4 is 10.0 Å². The zero-order valence-electron chi connectivity index (χ0n) is 15.3. The van der Waals surface area contributed by atoms with E-state index in [4.69, 9.17) is 0 Å². The van der Waals surface area contributed by atoms with Gasteiger partial charge in [-0.05, 0) is 77.5 Å². The average molecular weight is 473 g/mol. The van der Waals surface area contributed by atoms with Gasteiger partial charge in [-0.25, -0.2) is 8.42 Å². The van der Waals surface area contributed by atoms with Crippen LogP contribution >= 0.6 is 15.9 Å². The summed E-state index contributed by atoms with van der Waals surface area (Å²) in [6, 6.07) is 19.3. The van der Waals surface area contributed by atoms with Crippen LogP contribution in [-0.2, 0) is 10.0 Å². The lowest BCUT2D eigenvalue weighted by atomic mass is 10.1. The molecule has 0 aromatic heterocycles. The molecule has 29 heavy (non-hydrogen) atoms. The van der Waals surface area contributed by atoms with Gasteiger partial charge in [-0.15, -0.1) is 0 Å². The van der Waals surface area contributed by atoms with E-state index in [9.17, 15) is 18.0 Å². The molecule has 0 radical (unpaired) electrons. The van der Waals surface area contributed by atoms with Crippen LogP contribution in [0.15, 0.2) is 82.2 Å². The van der Waals surface area contributed by atoms with Crippen molar-refractivity contribution in [3.63, 3.8) is 0 Å². The normalized spacial score (nSPS) is 11.0. The van der Waals surface area contributed by atoms with Crippen molar-refractivity contribution in [3.8, 4) is 0 Å². The first-order chi connectivity index (χ1) is 13.8. The van der Waals surface area contributed by atoms with Gasteiger partial charge in [-0.3, -0.25) is 14.3 Å². The minimum Gasteiger partial charge on any atom is -0.322 e. The second kappa shape index (κ2) is 8.59. The zero-order chi connectivity index (χ0) is 21.0. The number of para-hydroxylation sites is 1. The third kappa shape index (κ3) is 5.10. The van der Waals surface area contributed by atoms with Crippen LogP contribution in [-0.4, -0.2) is 20.1 Å². The molecule has 0 spiro atoms. The molecule has 6 nitrogen and oxygen atoms in total. The van der Waals surface area contributed by atoms with E-state index in [-0.39, 0.29) is 16.2 Å². The maximum Gasteiger partial charge on any atom is 0.263 e. The molecule has 3 aromatic carbocycles. The van der Waals surface area contributed by atoms with Crippen LogP contribution in [0.3, 0.4) is 0 Å². The van der Waals surface area contributed by atoms with E-state index in [0.29, 0.717) is 21.4 Å². The molecule has 0 heterocycles. The minimum atomic E-state index is -3.97. The number of sulfonamides is 1. The summed E-state index contributed by atoms with van der Waals surface area (Å²) in [4.78, 5) is 23.8. The van der Waals surface area contributed by atoms with Crippen LogP contribution in [0, 0.1) is 0 Å². The molecule has 1 amide bonds. The maximum atomic E-state index is 12.8. The quantitative estimate of drug-likeness (QED) is 0.508. The summed E-state index contributed by atoms with van der Waals surface area (Å²) in [6.07, 6.45) is 0. The van der Waals surface area contributed by atoms with Crippen molar-refractivity contribution in [2.45, 2.75) is 11.8 Å².